The lowest BCUT2D eigenvalue weighted by Gasteiger charge is -2.09. The van der Waals surface area contributed by atoms with Crippen LogP contribution in [-0.4, -0.2) is 26.7 Å². The van der Waals surface area contributed by atoms with E-state index in [-0.39, 0.29) is 29.8 Å². The van der Waals surface area contributed by atoms with Gasteiger partial charge in [-0.25, -0.2) is 9.38 Å². The van der Waals surface area contributed by atoms with Crippen LogP contribution in [0.3, 0.4) is 0 Å². The summed E-state index contributed by atoms with van der Waals surface area (Å²) in [4.78, 5) is 4.29. The summed E-state index contributed by atoms with van der Waals surface area (Å²) in [5.41, 5.74) is 7.72. The summed E-state index contributed by atoms with van der Waals surface area (Å²) in [7, 11) is 3.18. The van der Waals surface area contributed by atoms with Crippen LogP contribution in [-0.2, 0) is 13.0 Å². The Labute approximate surface area is 164 Å². The summed E-state index contributed by atoms with van der Waals surface area (Å²) in [5.74, 6) is 1.44. The number of hydrogen-bond acceptors (Lipinski definition) is 3. The Kier molecular flexibility index (Phi) is 9.04. The summed E-state index contributed by atoms with van der Waals surface area (Å²) >= 11 is 0. The van der Waals surface area contributed by atoms with Crippen molar-refractivity contribution in [3.63, 3.8) is 0 Å². The van der Waals surface area contributed by atoms with Gasteiger partial charge in [0.05, 0.1) is 20.8 Å². The molecule has 7 heteroatoms. The standard InChI is InChI=1S/C18H22FN3O2.HI/c1-23-16-7-6-14(11-17(16)24-2)12-22-18(20)21-9-8-13-4-3-5-15(19)10-13;/h3-7,10-11H,8-9,12H2,1-2H3,(H3,20,21,22);1H. The number of halogens is 2. The van der Waals surface area contributed by atoms with Crippen molar-refractivity contribution in [2.24, 2.45) is 10.7 Å². The minimum atomic E-state index is -0.234. The second-order valence-corrected chi connectivity index (χ2v) is 5.20. The first kappa shape index (κ1) is 21.0. The van der Waals surface area contributed by atoms with E-state index in [9.17, 15) is 4.39 Å². The van der Waals surface area contributed by atoms with Gasteiger partial charge in [0.15, 0.2) is 17.5 Å². The molecule has 0 aromatic heterocycles. The molecule has 0 bridgehead atoms. The normalized spacial score (nSPS) is 10.8. The molecule has 0 radical (unpaired) electrons. The van der Waals surface area contributed by atoms with E-state index in [0.29, 0.717) is 37.0 Å². The molecule has 0 unspecified atom stereocenters. The summed E-state index contributed by atoms with van der Waals surface area (Å²) in [6.45, 7) is 1.02. The van der Waals surface area contributed by atoms with E-state index in [1.807, 2.05) is 24.3 Å². The van der Waals surface area contributed by atoms with Crippen molar-refractivity contribution in [2.75, 3.05) is 20.8 Å². The van der Waals surface area contributed by atoms with Gasteiger partial charge in [-0.1, -0.05) is 18.2 Å². The minimum Gasteiger partial charge on any atom is -0.493 e. The molecule has 0 aliphatic rings. The fraction of sp³-hybridized carbons (Fsp3) is 0.278. The minimum absolute atomic E-state index is 0. The Balaban J connectivity index is 0.00000312. The highest BCUT2D eigenvalue weighted by molar-refractivity contribution is 14.0. The first-order valence-electron chi connectivity index (χ1n) is 7.61. The first-order chi connectivity index (χ1) is 11.6. The molecule has 3 N–H and O–H groups in total. The van der Waals surface area contributed by atoms with Crippen LogP contribution in [0.5, 0.6) is 11.5 Å². The Bertz CT molecular complexity index is 710. The van der Waals surface area contributed by atoms with Gasteiger partial charge >= 0.3 is 0 Å². The van der Waals surface area contributed by atoms with E-state index >= 15 is 0 Å². The quantitative estimate of drug-likeness (QED) is 0.380. The van der Waals surface area contributed by atoms with Crippen LogP contribution in [0.2, 0.25) is 0 Å². The van der Waals surface area contributed by atoms with Crippen molar-refractivity contribution in [1.29, 1.82) is 0 Å². The molecule has 5 nitrogen and oxygen atoms in total. The Morgan fingerprint density at radius 1 is 1.08 bits per heavy atom. The molecule has 0 saturated heterocycles. The van der Waals surface area contributed by atoms with Gasteiger partial charge in [0.1, 0.15) is 5.82 Å². The van der Waals surface area contributed by atoms with E-state index in [4.69, 9.17) is 15.2 Å². The van der Waals surface area contributed by atoms with Crippen LogP contribution in [0.1, 0.15) is 11.1 Å². The lowest BCUT2D eigenvalue weighted by molar-refractivity contribution is 0.354. The molecule has 0 fully saturated rings. The zero-order chi connectivity index (χ0) is 17.4. The fourth-order valence-corrected chi connectivity index (χ4v) is 2.24. The third-order valence-corrected chi connectivity index (χ3v) is 3.49. The molecule has 0 atom stereocenters. The number of nitrogens with one attached hydrogen (secondary N) is 1. The predicted octanol–water partition coefficient (Wildman–Crippen LogP) is 3.11. The zero-order valence-electron chi connectivity index (χ0n) is 14.3. The van der Waals surface area contributed by atoms with Crippen molar-refractivity contribution in [3.8, 4) is 11.5 Å². The monoisotopic (exact) mass is 459 g/mol. The average Bonchev–Trinajstić information content (AvgIpc) is 2.59. The van der Waals surface area contributed by atoms with E-state index < -0.39 is 0 Å². The number of rotatable bonds is 7. The van der Waals surface area contributed by atoms with Crippen molar-refractivity contribution in [1.82, 2.24) is 5.32 Å². The van der Waals surface area contributed by atoms with Crippen molar-refractivity contribution >= 4 is 29.9 Å². The van der Waals surface area contributed by atoms with E-state index in [0.717, 1.165) is 11.1 Å². The van der Waals surface area contributed by atoms with Crippen LogP contribution < -0.4 is 20.5 Å². The highest BCUT2D eigenvalue weighted by Gasteiger charge is 2.04. The Hall–Kier alpha value is -2.03. The number of hydrogen-bond donors (Lipinski definition) is 2. The van der Waals surface area contributed by atoms with Crippen LogP contribution in [0.4, 0.5) is 4.39 Å². The maximum Gasteiger partial charge on any atom is 0.188 e. The molecule has 0 aliphatic heterocycles. The zero-order valence-corrected chi connectivity index (χ0v) is 16.6. The molecule has 2 aromatic carbocycles. The number of nitrogens with two attached hydrogens (primary N) is 1. The van der Waals surface area contributed by atoms with E-state index in [1.54, 1.807) is 20.3 Å². The Morgan fingerprint density at radius 3 is 2.52 bits per heavy atom. The van der Waals surface area contributed by atoms with Gasteiger partial charge in [0.25, 0.3) is 0 Å². The first-order valence-corrected chi connectivity index (χ1v) is 7.61. The molecule has 0 amide bonds. The van der Waals surface area contributed by atoms with Crippen LogP contribution in [0.15, 0.2) is 47.5 Å². The molecule has 0 aliphatic carbocycles. The van der Waals surface area contributed by atoms with Gasteiger partial charge in [-0.3, -0.25) is 0 Å². The van der Waals surface area contributed by atoms with Crippen LogP contribution >= 0.6 is 24.0 Å². The molecule has 2 rings (SSSR count). The van der Waals surface area contributed by atoms with E-state index in [1.165, 1.54) is 12.1 Å². The second-order valence-electron chi connectivity index (χ2n) is 5.20. The summed E-state index contributed by atoms with van der Waals surface area (Å²) in [6.07, 6.45) is 0.671. The molecule has 2 aromatic rings. The predicted molar refractivity (Wildman–Crippen MR) is 108 cm³/mol. The summed E-state index contributed by atoms with van der Waals surface area (Å²) in [6, 6.07) is 12.1. The number of aliphatic imine (C=N–C) groups is 1. The molecule has 0 spiro atoms. The number of ether oxygens (including phenoxy) is 2. The number of methoxy groups -OCH3 is 2. The van der Waals surface area contributed by atoms with Gasteiger partial charge < -0.3 is 20.5 Å². The van der Waals surface area contributed by atoms with Crippen molar-refractivity contribution in [2.45, 2.75) is 13.0 Å². The molecule has 0 heterocycles. The van der Waals surface area contributed by atoms with Crippen LogP contribution in [0.25, 0.3) is 0 Å². The van der Waals surface area contributed by atoms with Gasteiger partial charge in [0, 0.05) is 6.54 Å². The van der Waals surface area contributed by atoms with Gasteiger partial charge in [-0.15, -0.1) is 24.0 Å². The maximum absolute atomic E-state index is 13.1. The molecular weight excluding hydrogens is 436 g/mol. The van der Waals surface area contributed by atoms with E-state index in [2.05, 4.69) is 10.3 Å². The molecule has 25 heavy (non-hydrogen) atoms. The highest BCUT2D eigenvalue weighted by Crippen LogP contribution is 2.27. The summed E-state index contributed by atoms with van der Waals surface area (Å²) in [5, 5.41) is 3.02. The average molecular weight is 459 g/mol. The Morgan fingerprint density at radius 2 is 1.84 bits per heavy atom. The van der Waals surface area contributed by atoms with Crippen LogP contribution in [0, 0.1) is 5.82 Å². The third kappa shape index (κ3) is 6.77. The lowest BCUT2D eigenvalue weighted by Crippen LogP contribution is -2.33. The van der Waals surface area contributed by atoms with Gasteiger partial charge in [0.2, 0.25) is 0 Å². The summed E-state index contributed by atoms with van der Waals surface area (Å²) < 4.78 is 23.5. The number of guanidine groups is 1. The SMILES string of the molecule is COc1ccc(CN=C(N)NCCc2cccc(F)c2)cc1OC.I. The van der Waals surface area contributed by atoms with Gasteiger partial charge in [-0.2, -0.15) is 0 Å². The molecule has 0 saturated carbocycles. The number of nitrogens with zero attached hydrogens (tertiary/aromatic N) is 1. The molecule has 136 valence electrons. The second kappa shape index (κ2) is 10.8. The largest absolute Gasteiger partial charge is 0.493 e. The number of benzene rings is 2. The maximum atomic E-state index is 13.1. The smallest absolute Gasteiger partial charge is 0.188 e. The molecular formula is C18H23FIN3O2. The van der Waals surface area contributed by atoms with Gasteiger partial charge in [-0.05, 0) is 41.8 Å². The highest BCUT2D eigenvalue weighted by atomic mass is 127. The third-order valence-electron chi connectivity index (χ3n) is 3.49. The fourth-order valence-electron chi connectivity index (χ4n) is 2.24. The van der Waals surface area contributed by atoms with Crippen molar-refractivity contribution in [3.05, 3.63) is 59.4 Å². The lowest BCUT2D eigenvalue weighted by atomic mass is 10.1. The van der Waals surface area contributed by atoms with Crippen molar-refractivity contribution < 1.29 is 13.9 Å². The topological polar surface area (TPSA) is 68.9 Å².